The molecule has 2 aromatic rings. The van der Waals surface area contributed by atoms with E-state index < -0.39 is 10.0 Å². The lowest BCUT2D eigenvalue weighted by Gasteiger charge is -2.16. The summed E-state index contributed by atoms with van der Waals surface area (Å²) in [5.41, 5.74) is 2.24. The minimum absolute atomic E-state index is 0.146. The van der Waals surface area contributed by atoms with Crippen LogP contribution in [0.2, 0.25) is 0 Å². The molecule has 26 heavy (non-hydrogen) atoms. The number of anilines is 2. The van der Waals surface area contributed by atoms with Crippen LogP contribution in [-0.4, -0.2) is 32.4 Å². The molecule has 1 aliphatic rings. The highest BCUT2D eigenvalue weighted by atomic mass is 32.2. The summed E-state index contributed by atoms with van der Waals surface area (Å²) in [6, 6.07) is 13.3. The molecule has 0 saturated carbocycles. The van der Waals surface area contributed by atoms with Crippen LogP contribution in [0, 0.1) is 0 Å². The Labute approximate surface area is 154 Å². The third-order valence-electron chi connectivity index (χ3n) is 4.42. The first-order chi connectivity index (χ1) is 12.5. The molecule has 2 aromatic carbocycles. The molecule has 0 radical (unpaired) electrons. The third-order valence-corrected chi connectivity index (χ3v) is 5.82. The van der Waals surface area contributed by atoms with Crippen LogP contribution < -0.4 is 10.0 Å². The maximum Gasteiger partial charge on any atom is 0.321 e. The van der Waals surface area contributed by atoms with Crippen molar-refractivity contribution in [2.45, 2.75) is 31.1 Å². The van der Waals surface area contributed by atoms with E-state index in [0.717, 1.165) is 37.9 Å². The molecule has 2 N–H and O–H groups in total. The fourth-order valence-corrected chi connectivity index (χ4v) is 3.92. The molecule has 2 amide bonds. The number of sulfonamides is 1. The Morgan fingerprint density at radius 3 is 2.12 bits per heavy atom. The van der Waals surface area contributed by atoms with Crippen molar-refractivity contribution in [3.8, 4) is 0 Å². The number of carbonyl (C=O) groups excluding carboxylic acids is 1. The summed E-state index contributed by atoms with van der Waals surface area (Å²) in [4.78, 5) is 14.0. The number of carbonyl (C=O) groups is 1. The Hall–Kier alpha value is -2.54. The highest BCUT2D eigenvalue weighted by Gasteiger charge is 2.18. The van der Waals surface area contributed by atoms with E-state index in [2.05, 4.69) is 10.0 Å². The van der Waals surface area contributed by atoms with Gasteiger partial charge in [-0.3, -0.25) is 4.72 Å². The molecule has 0 bridgehead atoms. The van der Waals surface area contributed by atoms with Gasteiger partial charge in [-0.25, -0.2) is 13.2 Å². The molecule has 3 rings (SSSR count). The lowest BCUT2D eigenvalue weighted by atomic mass is 10.2. The average molecular weight is 373 g/mol. The van der Waals surface area contributed by atoms with Gasteiger partial charge in [0.15, 0.2) is 0 Å². The number of benzene rings is 2. The van der Waals surface area contributed by atoms with E-state index in [1.165, 1.54) is 12.1 Å². The minimum atomic E-state index is -3.67. The largest absolute Gasteiger partial charge is 0.325 e. The molecule has 1 fully saturated rings. The first kappa shape index (κ1) is 18.3. The number of nitrogens with zero attached hydrogens (tertiary/aromatic N) is 1. The molecule has 1 heterocycles. The zero-order chi connectivity index (χ0) is 18.6. The molecule has 0 unspecified atom stereocenters. The number of hydrogen-bond donors (Lipinski definition) is 2. The van der Waals surface area contributed by atoms with E-state index in [1.54, 1.807) is 29.2 Å². The number of amides is 2. The zero-order valence-electron chi connectivity index (χ0n) is 14.7. The lowest BCUT2D eigenvalue weighted by molar-refractivity contribution is 0.222. The first-order valence-electron chi connectivity index (χ1n) is 8.76. The summed E-state index contributed by atoms with van der Waals surface area (Å²) in [5.74, 6) is 0. The van der Waals surface area contributed by atoms with Crippen molar-refractivity contribution < 1.29 is 13.2 Å². The van der Waals surface area contributed by atoms with E-state index in [9.17, 15) is 13.2 Å². The van der Waals surface area contributed by atoms with E-state index in [1.807, 2.05) is 19.1 Å². The molecular weight excluding hydrogens is 350 g/mol. The minimum Gasteiger partial charge on any atom is -0.325 e. The summed E-state index contributed by atoms with van der Waals surface area (Å²) < 4.78 is 27.6. The molecule has 0 aromatic heterocycles. The molecule has 0 atom stereocenters. The number of nitrogens with one attached hydrogen (secondary N) is 2. The molecule has 1 saturated heterocycles. The van der Waals surface area contributed by atoms with Crippen molar-refractivity contribution in [2.24, 2.45) is 0 Å². The van der Waals surface area contributed by atoms with Gasteiger partial charge in [0.2, 0.25) is 0 Å². The van der Waals surface area contributed by atoms with Gasteiger partial charge in [-0.2, -0.15) is 0 Å². The Morgan fingerprint density at radius 2 is 1.54 bits per heavy atom. The fourth-order valence-electron chi connectivity index (χ4n) is 2.86. The SMILES string of the molecule is CCc1ccc(NS(=O)(=O)c2ccc(NC(=O)N3CCCC3)cc2)cc1. The summed E-state index contributed by atoms with van der Waals surface area (Å²) in [5, 5.41) is 2.80. The van der Waals surface area contributed by atoms with Crippen LogP contribution in [0.4, 0.5) is 16.2 Å². The Bertz CT molecular complexity index is 856. The van der Waals surface area contributed by atoms with Crippen LogP contribution in [0.3, 0.4) is 0 Å². The summed E-state index contributed by atoms with van der Waals surface area (Å²) >= 11 is 0. The molecule has 0 spiro atoms. The highest BCUT2D eigenvalue weighted by Crippen LogP contribution is 2.19. The van der Waals surface area contributed by atoms with Crippen molar-refractivity contribution >= 4 is 27.4 Å². The third kappa shape index (κ3) is 4.35. The van der Waals surface area contributed by atoms with Gasteiger partial charge < -0.3 is 10.2 Å². The smallest absolute Gasteiger partial charge is 0.321 e. The number of hydrogen-bond acceptors (Lipinski definition) is 3. The average Bonchev–Trinajstić information content (AvgIpc) is 3.17. The molecular formula is C19H23N3O3S. The Kier molecular flexibility index (Phi) is 5.46. The summed E-state index contributed by atoms with van der Waals surface area (Å²) in [6.45, 7) is 3.57. The van der Waals surface area contributed by atoms with Crippen LogP contribution in [-0.2, 0) is 16.4 Å². The standard InChI is InChI=1S/C19H23N3O3S/c1-2-15-5-7-17(8-6-15)21-26(24,25)18-11-9-16(10-12-18)20-19(23)22-13-3-4-14-22/h5-12,21H,2-4,13-14H2,1H3,(H,20,23). The zero-order valence-corrected chi connectivity index (χ0v) is 15.6. The van der Waals surface area contributed by atoms with E-state index in [-0.39, 0.29) is 10.9 Å². The lowest BCUT2D eigenvalue weighted by Crippen LogP contribution is -2.32. The number of urea groups is 1. The van der Waals surface area contributed by atoms with Gasteiger partial charge in [-0.1, -0.05) is 19.1 Å². The van der Waals surface area contributed by atoms with Crippen molar-refractivity contribution in [1.82, 2.24) is 4.90 Å². The van der Waals surface area contributed by atoms with Gasteiger partial charge >= 0.3 is 6.03 Å². The molecule has 138 valence electrons. The summed E-state index contributed by atoms with van der Waals surface area (Å²) in [6.07, 6.45) is 2.95. The number of aryl methyl sites for hydroxylation is 1. The van der Waals surface area contributed by atoms with Gasteiger partial charge in [0.05, 0.1) is 4.90 Å². The van der Waals surface area contributed by atoms with Crippen LogP contribution >= 0.6 is 0 Å². The topological polar surface area (TPSA) is 78.5 Å². The van der Waals surface area contributed by atoms with Gasteiger partial charge in [-0.15, -0.1) is 0 Å². The second kappa shape index (κ2) is 7.78. The predicted molar refractivity (Wildman–Crippen MR) is 103 cm³/mol. The molecule has 7 heteroatoms. The van der Waals surface area contributed by atoms with Crippen molar-refractivity contribution in [3.63, 3.8) is 0 Å². The maximum absolute atomic E-state index is 12.5. The van der Waals surface area contributed by atoms with Gasteiger partial charge in [0.1, 0.15) is 0 Å². The van der Waals surface area contributed by atoms with E-state index in [4.69, 9.17) is 0 Å². The second-order valence-corrected chi connectivity index (χ2v) is 7.99. The Morgan fingerprint density at radius 1 is 0.962 bits per heavy atom. The number of rotatable bonds is 5. The monoisotopic (exact) mass is 373 g/mol. The Balaban J connectivity index is 1.66. The van der Waals surface area contributed by atoms with Gasteiger partial charge in [0, 0.05) is 24.5 Å². The van der Waals surface area contributed by atoms with Gasteiger partial charge in [0.25, 0.3) is 10.0 Å². The van der Waals surface area contributed by atoms with Crippen molar-refractivity contribution in [2.75, 3.05) is 23.1 Å². The quantitative estimate of drug-likeness (QED) is 0.839. The second-order valence-electron chi connectivity index (χ2n) is 6.30. The summed E-state index contributed by atoms with van der Waals surface area (Å²) in [7, 11) is -3.67. The fraction of sp³-hybridized carbons (Fsp3) is 0.316. The van der Waals surface area contributed by atoms with Crippen LogP contribution in [0.5, 0.6) is 0 Å². The van der Waals surface area contributed by atoms with Crippen LogP contribution in [0.25, 0.3) is 0 Å². The number of likely N-dealkylation sites (tertiary alicyclic amines) is 1. The van der Waals surface area contributed by atoms with E-state index >= 15 is 0 Å². The first-order valence-corrected chi connectivity index (χ1v) is 10.2. The predicted octanol–water partition coefficient (Wildman–Crippen LogP) is 3.68. The molecule has 0 aliphatic carbocycles. The molecule has 1 aliphatic heterocycles. The normalized spacial score (nSPS) is 14.3. The highest BCUT2D eigenvalue weighted by molar-refractivity contribution is 7.92. The van der Waals surface area contributed by atoms with Crippen LogP contribution in [0.15, 0.2) is 53.4 Å². The van der Waals surface area contributed by atoms with Gasteiger partial charge in [-0.05, 0) is 61.2 Å². The van der Waals surface area contributed by atoms with Crippen LogP contribution in [0.1, 0.15) is 25.3 Å². The van der Waals surface area contributed by atoms with Crippen molar-refractivity contribution in [3.05, 3.63) is 54.1 Å². The van der Waals surface area contributed by atoms with E-state index in [0.29, 0.717) is 11.4 Å². The maximum atomic E-state index is 12.5. The van der Waals surface area contributed by atoms with Crippen molar-refractivity contribution in [1.29, 1.82) is 0 Å². The molecule has 6 nitrogen and oxygen atoms in total.